The number of nitrogens with zero attached hydrogens (tertiary/aromatic N) is 3. The van der Waals surface area contributed by atoms with Crippen LogP contribution in [0, 0.1) is 0 Å². The van der Waals surface area contributed by atoms with Crippen LogP contribution in [-0.4, -0.2) is 14.4 Å². The number of thiazole rings is 1. The fourth-order valence-electron chi connectivity index (χ4n) is 8.87. The summed E-state index contributed by atoms with van der Waals surface area (Å²) in [4.78, 5) is 11.0. The van der Waals surface area contributed by atoms with Crippen molar-refractivity contribution in [2.24, 2.45) is 0 Å². The zero-order valence-electron chi connectivity index (χ0n) is 27.8. The first-order valence-electron chi connectivity index (χ1n) is 17.7. The Kier molecular flexibility index (Phi) is 5.65. The first-order valence-corrected chi connectivity index (χ1v) is 18.5. The average molecular weight is 678 g/mol. The maximum Gasteiger partial charge on any atom is 0.195 e. The number of pyridine rings is 1. The highest BCUT2D eigenvalue weighted by Gasteiger charge is 2.21. The lowest BCUT2D eigenvalue weighted by molar-refractivity contribution is 1.31. The van der Waals surface area contributed by atoms with E-state index in [9.17, 15) is 0 Å². The number of rotatable bonds is 1. The van der Waals surface area contributed by atoms with E-state index in [1.54, 1.807) is 11.3 Å². The molecule has 7 aromatic carbocycles. The van der Waals surface area contributed by atoms with Crippen LogP contribution in [0.1, 0.15) is 0 Å². The van der Waals surface area contributed by atoms with Gasteiger partial charge >= 0.3 is 0 Å². The Bertz CT molecular complexity index is 3480. The predicted octanol–water partition coefficient (Wildman–Crippen LogP) is 13.4. The smallest absolute Gasteiger partial charge is 0.195 e. The highest BCUT2D eigenvalue weighted by molar-refractivity contribution is 7.24. The van der Waals surface area contributed by atoms with Crippen LogP contribution in [0.2, 0.25) is 0 Å². The molecule has 0 saturated heterocycles. The molecule has 0 fully saturated rings. The fraction of sp³-hybridized carbons (Fsp3) is 0. The largest absolute Gasteiger partial charge is 0.283 e. The van der Waals surface area contributed by atoms with Gasteiger partial charge in [0, 0.05) is 11.8 Å². The molecule has 10 aromatic rings. The molecule has 3 aromatic heterocycles. The Morgan fingerprint density at radius 1 is 0.404 bits per heavy atom. The molecule has 0 N–H and O–H groups in total. The summed E-state index contributed by atoms with van der Waals surface area (Å²) in [6, 6.07) is 57.9. The standard InChI is InChI=1S/C48H27N3S/c1-4-14-32-29(11-1)30-12-2-5-15-33(30)38-19-10-20-39-40-27-28(46-47-43(25-26-49-46)51-42-22-8-7-21-41(42)50-48(51)52-47)23-24-35(40)31-13-3-6-16-34(31)37-18-9-17-36(32)44(37)45(38)39/h1-27H. The number of benzene rings is 7. The Labute approximate surface area is 301 Å². The molecule has 240 valence electrons. The van der Waals surface area contributed by atoms with E-state index in [-0.39, 0.29) is 0 Å². The Morgan fingerprint density at radius 3 is 1.48 bits per heavy atom. The predicted molar refractivity (Wildman–Crippen MR) is 222 cm³/mol. The van der Waals surface area contributed by atoms with Crippen LogP contribution in [0.5, 0.6) is 0 Å². The highest BCUT2D eigenvalue weighted by atomic mass is 32.1. The van der Waals surface area contributed by atoms with Gasteiger partial charge in [0.15, 0.2) is 4.96 Å². The fourth-order valence-corrected chi connectivity index (χ4v) is 10.0. The van der Waals surface area contributed by atoms with E-state index in [2.05, 4.69) is 162 Å². The number of hydrogen-bond donors (Lipinski definition) is 0. The number of hydrogen-bond acceptors (Lipinski definition) is 3. The first kappa shape index (κ1) is 28.1. The SMILES string of the molecule is c1ccc2c(c1)nc1sc3c(-c4ccc5c(c4)c4cccc6c4-c4c(cccc4c4ccccc45)c4ccccc4c4ccccc64)nccc3n12. The van der Waals surface area contributed by atoms with Crippen molar-refractivity contribution in [1.82, 2.24) is 14.4 Å². The van der Waals surface area contributed by atoms with Crippen molar-refractivity contribution < 1.29 is 0 Å². The zero-order chi connectivity index (χ0) is 33.9. The number of para-hydroxylation sites is 2. The van der Waals surface area contributed by atoms with Gasteiger partial charge in [0.25, 0.3) is 0 Å². The van der Waals surface area contributed by atoms with Gasteiger partial charge in [0.05, 0.1) is 26.9 Å². The number of aromatic nitrogens is 3. The summed E-state index contributed by atoms with van der Waals surface area (Å²) in [6.45, 7) is 0. The van der Waals surface area contributed by atoms with Crippen molar-refractivity contribution in [2.45, 2.75) is 0 Å². The molecule has 2 aliphatic carbocycles. The van der Waals surface area contributed by atoms with Gasteiger partial charge in [0.1, 0.15) is 0 Å². The molecular formula is C48H27N3S. The number of fused-ring (bicyclic) bond motifs is 15. The second-order valence-electron chi connectivity index (χ2n) is 13.7. The van der Waals surface area contributed by atoms with Gasteiger partial charge in [-0.25, -0.2) is 4.98 Å². The van der Waals surface area contributed by atoms with Crippen LogP contribution < -0.4 is 0 Å². The van der Waals surface area contributed by atoms with Crippen molar-refractivity contribution in [3.63, 3.8) is 0 Å². The van der Waals surface area contributed by atoms with Crippen LogP contribution in [-0.2, 0) is 0 Å². The molecule has 12 rings (SSSR count). The van der Waals surface area contributed by atoms with Crippen molar-refractivity contribution in [3.05, 3.63) is 164 Å². The van der Waals surface area contributed by atoms with Gasteiger partial charge in [-0.15, -0.1) is 0 Å². The second kappa shape index (κ2) is 10.5. The minimum absolute atomic E-state index is 0.981. The Morgan fingerprint density at radius 2 is 0.885 bits per heavy atom. The van der Waals surface area contributed by atoms with Crippen LogP contribution in [0.25, 0.3) is 113 Å². The Balaban J connectivity index is 1.31. The molecule has 0 radical (unpaired) electrons. The molecule has 0 saturated carbocycles. The molecule has 0 atom stereocenters. The van der Waals surface area contributed by atoms with Gasteiger partial charge in [-0.05, 0) is 100 Å². The summed E-state index contributed by atoms with van der Waals surface area (Å²) >= 11 is 1.71. The molecule has 0 bridgehead atoms. The molecule has 3 heterocycles. The van der Waals surface area contributed by atoms with E-state index in [1.807, 2.05) is 6.20 Å². The molecule has 0 spiro atoms. The Hall–Kier alpha value is -6.62. The van der Waals surface area contributed by atoms with Crippen molar-refractivity contribution in [1.29, 1.82) is 0 Å². The first-order chi connectivity index (χ1) is 25.8. The van der Waals surface area contributed by atoms with Crippen molar-refractivity contribution >= 4 is 102 Å². The third kappa shape index (κ3) is 3.74. The van der Waals surface area contributed by atoms with Crippen molar-refractivity contribution in [3.8, 4) is 22.4 Å². The summed E-state index contributed by atoms with van der Waals surface area (Å²) in [7, 11) is 0. The van der Waals surface area contributed by atoms with Gasteiger partial charge in [-0.1, -0.05) is 145 Å². The van der Waals surface area contributed by atoms with E-state index in [1.165, 1.54) is 75.8 Å². The van der Waals surface area contributed by atoms with Crippen LogP contribution in [0.15, 0.2) is 164 Å². The van der Waals surface area contributed by atoms with E-state index in [0.717, 1.165) is 37.5 Å². The molecule has 3 nitrogen and oxygen atoms in total. The van der Waals surface area contributed by atoms with Gasteiger partial charge < -0.3 is 0 Å². The van der Waals surface area contributed by atoms with E-state index < -0.39 is 0 Å². The average Bonchev–Trinajstić information content (AvgIpc) is 3.76. The summed E-state index contributed by atoms with van der Waals surface area (Å²) < 4.78 is 3.42. The lowest BCUT2D eigenvalue weighted by Crippen LogP contribution is -1.92. The lowest BCUT2D eigenvalue weighted by Gasteiger charge is -2.19. The van der Waals surface area contributed by atoms with E-state index >= 15 is 0 Å². The molecule has 2 aliphatic rings. The minimum Gasteiger partial charge on any atom is -0.283 e. The van der Waals surface area contributed by atoms with Gasteiger partial charge in [-0.3, -0.25) is 9.38 Å². The van der Waals surface area contributed by atoms with Gasteiger partial charge in [0.2, 0.25) is 0 Å². The molecular weight excluding hydrogens is 651 g/mol. The monoisotopic (exact) mass is 677 g/mol. The molecule has 0 aliphatic heterocycles. The maximum atomic E-state index is 5.05. The van der Waals surface area contributed by atoms with E-state index in [4.69, 9.17) is 9.97 Å². The maximum absolute atomic E-state index is 5.05. The molecule has 52 heavy (non-hydrogen) atoms. The zero-order valence-corrected chi connectivity index (χ0v) is 28.7. The quantitative estimate of drug-likeness (QED) is 0.173. The van der Waals surface area contributed by atoms with Gasteiger partial charge in [-0.2, -0.15) is 0 Å². The van der Waals surface area contributed by atoms with E-state index in [0.29, 0.717) is 0 Å². The third-order valence-electron chi connectivity index (χ3n) is 11.0. The minimum atomic E-state index is 0.981. The molecule has 0 amide bonds. The second-order valence-corrected chi connectivity index (χ2v) is 14.7. The van der Waals surface area contributed by atoms with Crippen molar-refractivity contribution in [2.75, 3.05) is 0 Å². The summed E-state index contributed by atoms with van der Waals surface area (Å²) in [5, 5.41) is 14.9. The third-order valence-corrected chi connectivity index (χ3v) is 12.1. The van der Waals surface area contributed by atoms with Crippen LogP contribution in [0.3, 0.4) is 0 Å². The number of imidazole rings is 1. The summed E-state index contributed by atoms with van der Waals surface area (Å²) in [5.41, 5.74) is 7.90. The summed E-state index contributed by atoms with van der Waals surface area (Å²) in [6.07, 6.45) is 1.94. The van der Waals surface area contributed by atoms with Crippen LogP contribution in [0.4, 0.5) is 0 Å². The summed E-state index contributed by atoms with van der Waals surface area (Å²) in [5.74, 6) is 0. The topological polar surface area (TPSA) is 30.2 Å². The highest BCUT2D eigenvalue weighted by Crippen LogP contribution is 2.48. The molecule has 4 heteroatoms. The molecule has 0 unspecified atom stereocenters. The van der Waals surface area contributed by atoms with Crippen LogP contribution >= 0.6 is 11.3 Å². The normalized spacial score (nSPS) is 12.2. The lowest BCUT2D eigenvalue weighted by atomic mass is 9.83.